The maximum absolute atomic E-state index is 12.2. The predicted molar refractivity (Wildman–Crippen MR) is 147 cm³/mol. The fourth-order valence-corrected chi connectivity index (χ4v) is 5.48. The molecule has 3 nitrogen and oxygen atoms in total. The average Bonchev–Trinajstić information content (AvgIpc) is 2.88. The number of carbonyl (C=O) groups is 1. The van der Waals surface area contributed by atoms with Gasteiger partial charge in [0.2, 0.25) is 0 Å². The van der Waals surface area contributed by atoms with Gasteiger partial charge in [-0.3, -0.25) is 0 Å². The maximum Gasteiger partial charge on any atom is 0.336 e. The lowest BCUT2D eigenvalue weighted by Gasteiger charge is -2.30. The molecule has 1 atom stereocenters. The van der Waals surface area contributed by atoms with Crippen molar-refractivity contribution in [1.82, 2.24) is 0 Å². The molecular weight excluding hydrogens is 430 g/mol. The van der Waals surface area contributed by atoms with E-state index in [0.717, 1.165) is 47.8 Å². The zero-order valence-corrected chi connectivity index (χ0v) is 21.5. The van der Waals surface area contributed by atoms with Crippen molar-refractivity contribution in [2.75, 3.05) is 18.0 Å². The van der Waals surface area contributed by atoms with Gasteiger partial charge < -0.3 is 10.0 Å². The number of fused-ring (bicyclic) bond motifs is 2. The number of anilines is 1. The van der Waals surface area contributed by atoms with E-state index < -0.39 is 5.97 Å². The molecule has 0 aromatic heterocycles. The highest BCUT2D eigenvalue weighted by molar-refractivity contribution is 5.98. The molecular formula is C32H37NO2. The largest absolute Gasteiger partial charge is 0.478 e. The van der Waals surface area contributed by atoms with Crippen LogP contribution in [0.25, 0.3) is 11.6 Å². The number of benzene rings is 3. The molecule has 4 rings (SSSR count). The summed E-state index contributed by atoms with van der Waals surface area (Å²) in [5, 5.41) is 12.4. The second-order valence-electron chi connectivity index (χ2n) is 9.32. The van der Waals surface area contributed by atoms with E-state index in [-0.39, 0.29) is 5.92 Å². The summed E-state index contributed by atoms with van der Waals surface area (Å²) in [5.41, 5.74) is 7.14. The molecule has 0 fully saturated rings. The third-order valence-electron chi connectivity index (χ3n) is 7.30. The van der Waals surface area contributed by atoms with Crippen LogP contribution in [-0.4, -0.2) is 24.2 Å². The molecule has 0 bridgehead atoms. The molecule has 0 amide bonds. The quantitative estimate of drug-likeness (QED) is 0.375. The van der Waals surface area contributed by atoms with Crippen LogP contribution in [0, 0.1) is 0 Å². The lowest BCUT2D eigenvalue weighted by molar-refractivity contribution is 0.0696. The van der Waals surface area contributed by atoms with Crippen LogP contribution in [0.3, 0.4) is 0 Å². The summed E-state index contributed by atoms with van der Waals surface area (Å²) >= 11 is 0. The van der Waals surface area contributed by atoms with E-state index in [1.807, 2.05) is 18.2 Å². The number of rotatable bonds is 9. The van der Waals surface area contributed by atoms with E-state index in [4.69, 9.17) is 0 Å². The van der Waals surface area contributed by atoms with Gasteiger partial charge in [0, 0.05) is 24.7 Å². The van der Waals surface area contributed by atoms with E-state index in [0.29, 0.717) is 5.56 Å². The van der Waals surface area contributed by atoms with E-state index in [9.17, 15) is 9.90 Å². The highest BCUT2D eigenvalue weighted by Crippen LogP contribution is 2.40. The fraction of sp³-hybridized carbons (Fsp3) is 0.344. The van der Waals surface area contributed by atoms with Gasteiger partial charge in [0.25, 0.3) is 0 Å². The minimum absolute atomic E-state index is 0.274. The highest BCUT2D eigenvalue weighted by Gasteiger charge is 2.28. The van der Waals surface area contributed by atoms with Crippen LogP contribution in [0.15, 0.2) is 60.7 Å². The third kappa shape index (κ3) is 4.77. The van der Waals surface area contributed by atoms with E-state index in [1.165, 1.54) is 34.9 Å². The van der Waals surface area contributed by atoms with Crippen LogP contribution in [-0.2, 0) is 0 Å². The molecule has 0 aliphatic heterocycles. The summed E-state index contributed by atoms with van der Waals surface area (Å²) in [6.45, 7) is 10.8. The Morgan fingerprint density at radius 2 is 1.69 bits per heavy atom. The van der Waals surface area contributed by atoms with Gasteiger partial charge in [-0.05, 0) is 83.2 Å². The van der Waals surface area contributed by atoms with Crippen molar-refractivity contribution in [2.45, 2.75) is 59.3 Å². The van der Waals surface area contributed by atoms with Gasteiger partial charge in [-0.1, -0.05) is 75.2 Å². The Labute approximate surface area is 209 Å². The van der Waals surface area contributed by atoms with Crippen molar-refractivity contribution in [3.05, 3.63) is 98.9 Å². The number of hydrogen-bond acceptors (Lipinski definition) is 2. The summed E-state index contributed by atoms with van der Waals surface area (Å²) in [6, 6.07) is 20.9. The monoisotopic (exact) mass is 467 g/mol. The Balaban J connectivity index is 2.07. The third-order valence-corrected chi connectivity index (χ3v) is 7.30. The molecule has 0 saturated carbocycles. The van der Waals surface area contributed by atoms with E-state index in [1.54, 1.807) is 6.07 Å². The molecule has 1 unspecified atom stereocenters. The highest BCUT2D eigenvalue weighted by atomic mass is 16.4. The molecule has 1 aliphatic carbocycles. The van der Waals surface area contributed by atoms with Gasteiger partial charge in [-0.15, -0.1) is 0 Å². The van der Waals surface area contributed by atoms with Crippen molar-refractivity contribution in [2.24, 2.45) is 0 Å². The van der Waals surface area contributed by atoms with Gasteiger partial charge in [0.05, 0.1) is 5.56 Å². The number of hydrogen-bond donors (Lipinski definition) is 1. The van der Waals surface area contributed by atoms with E-state index >= 15 is 0 Å². The van der Waals surface area contributed by atoms with E-state index in [2.05, 4.69) is 75.1 Å². The zero-order valence-electron chi connectivity index (χ0n) is 21.5. The number of aromatic carboxylic acids is 1. The first-order valence-corrected chi connectivity index (χ1v) is 13.1. The van der Waals surface area contributed by atoms with Crippen LogP contribution in [0.1, 0.15) is 91.9 Å². The number of unbranched alkanes of at least 4 members (excludes halogenated alkanes) is 2. The Morgan fingerprint density at radius 1 is 0.914 bits per heavy atom. The van der Waals surface area contributed by atoms with Crippen LogP contribution in [0.4, 0.5) is 5.69 Å². The second kappa shape index (κ2) is 10.9. The molecule has 0 heterocycles. The van der Waals surface area contributed by atoms with Crippen LogP contribution < -0.4 is 15.3 Å². The van der Waals surface area contributed by atoms with Crippen LogP contribution in [0.2, 0.25) is 0 Å². The van der Waals surface area contributed by atoms with Crippen LogP contribution in [0.5, 0.6) is 0 Å². The normalized spacial score (nSPS) is 15.0. The topological polar surface area (TPSA) is 40.5 Å². The van der Waals surface area contributed by atoms with Gasteiger partial charge in [0.1, 0.15) is 0 Å². The Hall–Kier alpha value is -3.33. The number of nitrogens with zero attached hydrogens (tertiary/aromatic N) is 1. The van der Waals surface area contributed by atoms with Gasteiger partial charge in [-0.2, -0.15) is 0 Å². The zero-order chi connectivity index (χ0) is 24.9. The molecule has 3 aromatic carbocycles. The van der Waals surface area contributed by atoms with Crippen molar-refractivity contribution in [3.8, 4) is 0 Å². The Morgan fingerprint density at radius 3 is 2.37 bits per heavy atom. The standard InChI is InChI=1S/C32H37NO2/c1-5-9-10-13-22-16-18-26-29(20-22)24(6-2)30-21-23(33(7-3)8-4)17-19-27(30)31(26)25-14-11-12-15-28(25)32(34)35/h11-21,24H,5-10H2,1-4H3,(H,34,35)/b22-13-. The van der Waals surface area contributed by atoms with Crippen molar-refractivity contribution in [1.29, 1.82) is 0 Å². The first-order valence-electron chi connectivity index (χ1n) is 13.1. The Bertz CT molecular complexity index is 1330. The van der Waals surface area contributed by atoms with Gasteiger partial charge in [-0.25, -0.2) is 4.79 Å². The lowest BCUT2D eigenvalue weighted by Crippen LogP contribution is -2.28. The average molecular weight is 468 g/mol. The minimum Gasteiger partial charge on any atom is -0.478 e. The fourth-order valence-electron chi connectivity index (χ4n) is 5.48. The van der Waals surface area contributed by atoms with Crippen molar-refractivity contribution in [3.63, 3.8) is 0 Å². The summed E-state index contributed by atoms with van der Waals surface area (Å²) in [7, 11) is 0. The summed E-state index contributed by atoms with van der Waals surface area (Å²) < 4.78 is 0. The summed E-state index contributed by atoms with van der Waals surface area (Å²) in [4.78, 5) is 14.6. The molecule has 0 spiro atoms. The van der Waals surface area contributed by atoms with Crippen molar-refractivity contribution < 1.29 is 9.90 Å². The predicted octanol–water partition coefficient (Wildman–Crippen LogP) is 6.30. The Kier molecular flexibility index (Phi) is 7.75. The summed E-state index contributed by atoms with van der Waals surface area (Å²) in [5.74, 6) is -0.617. The molecule has 3 heteroatoms. The smallest absolute Gasteiger partial charge is 0.336 e. The maximum atomic E-state index is 12.2. The lowest BCUT2D eigenvalue weighted by atomic mass is 9.75. The molecule has 0 saturated heterocycles. The van der Waals surface area contributed by atoms with Gasteiger partial charge in [0.15, 0.2) is 0 Å². The molecule has 182 valence electrons. The van der Waals surface area contributed by atoms with Crippen LogP contribution >= 0.6 is 0 Å². The molecule has 35 heavy (non-hydrogen) atoms. The SMILES string of the molecule is CCCC/C=c1/ccc2c(c1)C(CC)c1cc(N(CC)CC)ccc1C=2c1ccccc1C(=O)O. The summed E-state index contributed by atoms with van der Waals surface area (Å²) in [6.07, 6.45) is 6.78. The van der Waals surface area contributed by atoms with Gasteiger partial charge >= 0.3 is 5.97 Å². The molecule has 1 N–H and O–H groups in total. The molecule has 1 aliphatic rings. The minimum atomic E-state index is -0.891. The first-order chi connectivity index (χ1) is 17.0. The number of carboxylic acid groups (broad SMARTS) is 1. The first kappa shape index (κ1) is 24.8. The number of carboxylic acids is 1. The molecule has 0 radical (unpaired) electrons. The second-order valence-corrected chi connectivity index (χ2v) is 9.32. The van der Waals surface area contributed by atoms with Crippen molar-refractivity contribution >= 4 is 23.3 Å². The molecule has 3 aromatic rings.